The number of benzene rings is 3. The van der Waals surface area contributed by atoms with Crippen molar-refractivity contribution >= 4 is 32.6 Å². The van der Waals surface area contributed by atoms with Crippen LogP contribution in [0.15, 0.2) is 85.3 Å². The fourth-order valence-electron chi connectivity index (χ4n) is 6.77. The third-order valence-electron chi connectivity index (χ3n) is 7.79. The number of pyridine rings is 2. The Balaban J connectivity index is 1.66. The first-order valence-electron chi connectivity index (χ1n) is 11.0. The molecule has 3 aliphatic heterocycles. The number of rotatable bonds is 0. The fraction of sp³-hybridized carbons (Fsp3) is 0.0714. The Morgan fingerprint density at radius 3 is 2.69 bits per heavy atom. The molecular weight excluding hydrogens is 394 g/mol. The van der Waals surface area contributed by atoms with Crippen LogP contribution in [0.5, 0.6) is 11.5 Å². The zero-order chi connectivity index (χ0) is 20.8. The highest BCUT2D eigenvalue weighted by Crippen LogP contribution is 2.60. The van der Waals surface area contributed by atoms with Gasteiger partial charge in [-0.2, -0.15) is 4.57 Å². The van der Waals surface area contributed by atoms with Crippen LogP contribution in [0, 0.1) is 0 Å². The van der Waals surface area contributed by atoms with Crippen molar-refractivity contribution < 1.29 is 13.9 Å². The van der Waals surface area contributed by atoms with Crippen LogP contribution in [0.3, 0.4) is 0 Å². The van der Waals surface area contributed by atoms with Gasteiger partial charge in [-0.05, 0) is 36.4 Å². The molecule has 6 heterocycles. The van der Waals surface area contributed by atoms with E-state index in [2.05, 4.69) is 106 Å². The summed E-state index contributed by atoms with van der Waals surface area (Å²) in [4.78, 5) is 0. The van der Waals surface area contributed by atoms with Gasteiger partial charge < -0.3 is 4.74 Å². The van der Waals surface area contributed by atoms with Crippen molar-refractivity contribution in [2.75, 3.05) is 0 Å². The van der Waals surface area contributed by atoms with E-state index in [-0.39, 0.29) is 0 Å². The highest BCUT2D eigenvalue weighted by atomic mass is 16.5. The van der Waals surface area contributed by atoms with Crippen LogP contribution < -0.4 is 13.9 Å². The molecule has 4 nitrogen and oxygen atoms in total. The van der Waals surface area contributed by atoms with Crippen LogP contribution in [0.1, 0.15) is 11.1 Å². The zero-order valence-electron chi connectivity index (χ0n) is 17.3. The fourth-order valence-corrected chi connectivity index (χ4v) is 6.77. The van der Waals surface area contributed by atoms with Crippen LogP contribution in [0.25, 0.3) is 43.8 Å². The molecule has 0 amide bonds. The van der Waals surface area contributed by atoms with Crippen LogP contribution in [0.4, 0.5) is 0 Å². The van der Waals surface area contributed by atoms with E-state index in [4.69, 9.17) is 4.74 Å². The first-order chi connectivity index (χ1) is 15.8. The van der Waals surface area contributed by atoms with Crippen molar-refractivity contribution in [1.82, 2.24) is 4.57 Å². The summed E-state index contributed by atoms with van der Waals surface area (Å²) in [7, 11) is 2.14. The van der Waals surface area contributed by atoms with Crippen molar-refractivity contribution in [2.45, 2.75) is 5.66 Å². The maximum atomic E-state index is 6.60. The minimum Gasteiger partial charge on any atom is -0.456 e. The van der Waals surface area contributed by atoms with Crippen LogP contribution in [0.2, 0.25) is 0 Å². The molecule has 32 heavy (non-hydrogen) atoms. The number of aryl methyl sites for hydroxylation is 1. The summed E-state index contributed by atoms with van der Waals surface area (Å²) in [5.74, 6) is 1.89. The van der Waals surface area contributed by atoms with Gasteiger partial charge in [0.1, 0.15) is 29.7 Å². The molecule has 0 saturated heterocycles. The molecule has 148 valence electrons. The van der Waals surface area contributed by atoms with Gasteiger partial charge in [0.15, 0.2) is 12.4 Å². The summed E-state index contributed by atoms with van der Waals surface area (Å²) in [6.07, 6.45) is 6.65. The first-order valence-corrected chi connectivity index (χ1v) is 11.0. The summed E-state index contributed by atoms with van der Waals surface area (Å²) in [6, 6.07) is 24.1. The lowest BCUT2D eigenvalue weighted by molar-refractivity contribution is -0.733. The van der Waals surface area contributed by atoms with Gasteiger partial charge in [0.2, 0.25) is 11.2 Å². The van der Waals surface area contributed by atoms with E-state index in [0.29, 0.717) is 0 Å². The first kappa shape index (κ1) is 15.6. The smallest absolute Gasteiger partial charge is 0.309 e. The molecule has 0 saturated carbocycles. The van der Waals surface area contributed by atoms with E-state index < -0.39 is 5.66 Å². The minimum absolute atomic E-state index is 0.477. The molecule has 4 heteroatoms. The molecule has 0 radical (unpaired) electrons. The highest BCUT2D eigenvalue weighted by molar-refractivity contribution is 6.25. The van der Waals surface area contributed by atoms with Crippen LogP contribution >= 0.6 is 0 Å². The molecule has 1 spiro atoms. The summed E-state index contributed by atoms with van der Waals surface area (Å²) in [6.45, 7) is 0. The number of fused-ring (bicyclic) bond motifs is 5. The van der Waals surface area contributed by atoms with E-state index >= 15 is 0 Å². The molecule has 3 aromatic heterocycles. The van der Waals surface area contributed by atoms with Gasteiger partial charge in [0.05, 0.1) is 21.9 Å². The minimum atomic E-state index is -0.477. The Bertz CT molecular complexity index is 1880. The van der Waals surface area contributed by atoms with Gasteiger partial charge in [-0.3, -0.25) is 4.57 Å². The van der Waals surface area contributed by atoms with Crippen molar-refractivity contribution in [1.29, 1.82) is 0 Å². The monoisotopic (exact) mass is 411 g/mol. The molecule has 3 aliphatic rings. The molecule has 9 rings (SSSR count). The topological polar surface area (TPSA) is 21.9 Å². The molecule has 6 aromatic rings. The average Bonchev–Trinajstić information content (AvgIpc) is 3.47. The quantitative estimate of drug-likeness (QED) is 0.261. The number of aromatic nitrogens is 3. The third-order valence-corrected chi connectivity index (χ3v) is 7.79. The molecule has 3 aromatic carbocycles. The van der Waals surface area contributed by atoms with E-state index in [0.717, 1.165) is 11.5 Å². The lowest BCUT2D eigenvalue weighted by Gasteiger charge is -2.31. The van der Waals surface area contributed by atoms with E-state index in [1.807, 2.05) is 0 Å². The van der Waals surface area contributed by atoms with E-state index in [1.165, 1.54) is 55.0 Å². The van der Waals surface area contributed by atoms with Gasteiger partial charge in [-0.25, -0.2) is 4.57 Å². The highest BCUT2D eigenvalue weighted by Gasteiger charge is 2.63. The normalized spacial score (nSPS) is 18.5. The molecule has 1 atom stereocenters. The van der Waals surface area contributed by atoms with E-state index in [9.17, 15) is 0 Å². The van der Waals surface area contributed by atoms with Gasteiger partial charge in [-0.15, -0.1) is 0 Å². The Hall–Kier alpha value is -4.18. The SMILES string of the molecule is C[n+]1ccc2c3cccn4c3c3c5c(ccc3c21)Oc1cccc2c1C54[n+]1ccccc1-2. The second kappa shape index (κ2) is 4.68. The number of hydrogen-bond donors (Lipinski definition) is 0. The average molecular weight is 411 g/mol. The molecule has 0 N–H and O–H groups in total. The maximum Gasteiger partial charge on any atom is 0.309 e. The van der Waals surface area contributed by atoms with Crippen molar-refractivity contribution in [3.8, 4) is 22.8 Å². The zero-order valence-corrected chi connectivity index (χ0v) is 17.3. The van der Waals surface area contributed by atoms with Crippen molar-refractivity contribution in [3.63, 3.8) is 0 Å². The largest absolute Gasteiger partial charge is 0.456 e. The maximum absolute atomic E-state index is 6.60. The standard InChI is InChI=1S/C28H17N3O/c1-29-15-12-17-16-7-5-14-31-27(16)23-19(26(17)29)10-11-22-25(23)28(31)24-18(6-4-9-21(24)32-22)20-8-2-3-13-30(20)28/h2-15H,1H3/q+2. The van der Waals surface area contributed by atoms with Crippen LogP contribution in [-0.4, -0.2) is 4.57 Å². The number of ether oxygens (including phenoxy) is 1. The van der Waals surface area contributed by atoms with Gasteiger partial charge in [-0.1, -0.05) is 12.1 Å². The predicted octanol–water partition coefficient (Wildman–Crippen LogP) is 4.76. The van der Waals surface area contributed by atoms with Gasteiger partial charge in [0, 0.05) is 35.2 Å². The predicted molar refractivity (Wildman–Crippen MR) is 122 cm³/mol. The molecule has 0 fully saturated rings. The molecule has 0 bridgehead atoms. The second-order valence-corrected chi connectivity index (χ2v) is 9.10. The molecular formula is C28H17N3O+2. The van der Waals surface area contributed by atoms with Crippen molar-refractivity contribution in [3.05, 3.63) is 96.4 Å². The summed E-state index contributed by atoms with van der Waals surface area (Å²) < 4.78 is 13.8. The summed E-state index contributed by atoms with van der Waals surface area (Å²) in [5.41, 5.74) is 7.05. The summed E-state index contributed by atoms with van der Waals surface area (Å²) in [5, 5.41) is 5.17. The Morgan fingerprint density at radius 1 is 0.781 bits per heavy atom. The Kier molecular flexibility index (Phi) is 2.28. The molecule has 0 aliphatic carbocycles. The Labute approximate surface area is 183 Å². The van der Waals surface area contributed by atoms with Crippen LogP contribution in [-0.2, 0) is 12.7 Å². The number of hydrogen-bond acceptors (Lipinski definition) is 1. The lowest BCUT2D eigenvalue weighted by atomic mass is 9.86. The lowest BCUT2D eigenvalue weighted by Crippen LogP contribution is -2.59. The third kappa shape index (κ3) is 1.34. The summed E-state index contributed by atoms with van der Waals surface area (Å²) >= 11 is 0. The van der Waals surface area contributed by atoms with Crippen molar-refractivity contribution in [2.24, 2.45) is 7.05 Å². The van der Waals surface area contributed by atoms with Gasteiger partial charge >= 0.3 is 5.66 Å². The van der Waals surface area contributed by atoms with E-state index in [1.54, 1.807) is 0 Å². The second-order valence-electron chi connectivity index (χ2n) is 9.10. The van der Waals surface area contributed by atoms with Gasteiger partial charge in [0.25, 0.3) is 0 Å². The number of nitrogens with zero attached hydrogens (tertiary/aromatic N) is 3. The Morgan fingerprint density at radius 2 is 1.72 bits per heavy atom. The molecule has 1 unspecified atom stereocenters.